The van der Waals surface area contributed by atoms with Crippen molar-refractivity contribution >= 4 is 28.4 Å². The highest BCUT2D eigenvalue weighted by molar-refractivity contribution is 6.15. The third kappa shape index (κ3) is 4.34. The van der Waals surface area contributed by atoms with E-state index in [-0.39, 0.29) is 11.8 Å². The van der Waals surface area contributed by atoms with Gasteiger partial charge in [0.1, 0.15) is 11.5 Å². The number of nitrogens with one attached hydrogen (secondary N) is 2. The number of rotatable bonds is 2. The van der Waals surface area contributed by atoms with Gasteiger partial charge in [-0.1, -0.05) is 56.9 Å². The van der Waals surface area contributed by atoms with Crippen LogP contribution in [0, 0.1) is 29.1 Å². The molecule has 2 fully saturated rings. The number of allylic oxidation sites excluding steroid dienone is 3. The lowest BCUT2D eigenvalue weighted by molar-refractivity contribution is -0.148. The van der Waals surface area contributed by atoms with E-state index in [9.17, 15) is 24.6 Å². The van der Waals surface area contributed by atoms with Crippen LogP contribution in [0.2, 0.25) is 0 Å². The fourth-order valence-electron chi connectivity index (χ4n) is 7.01. The van der Waals surface area contributed by atoms with E-state index in [2.05, 4.69) is 16.9 Å². The van der Waals surface area contributed by atoms with Gasteiger partial charge in [0, 0.05) is 35.0 Å². The molecule has 7 nitrogen and oxygen atoms in total. The van der Waals surface area contributed by atoms with Crippen molar-refractivity contribution in [2.75, 3.05) is 0 Å². The second-order valence-corrected chi connectivity index (χ2v) is 11.4. The molecule has 1 amide bonds. The van der Waals surface area contributed by atoms with Gasteiger partial charge in [0.25, 0.3) is 0 Å². The van der Waals surface area contributed by atoms with Crippen LogP contribution in [0.1, 0.15) is 32.8 Å². The minimum absolute atomic E-state index is 0.00855. The van der Waals surface area contributed by atoms with E-state index in [1.165, 1.54) is 0 Å². The van der Waals surface area contributed by atoms with Crippen LogP contribution in [0.4, 0.5) is 0 Å². The molecule has 0 radical (unpaired) electrons. The number of aromatic amines is 1. The third-order valence-electron chi connectivity index (χ3n) is 9.04. The Morgan fingerprint density at radius 1 is 1.10 bits per heavy atom. The van der Waals surface area contributed by atoms with Crippen molar-refractivity contribution in [2.45, 2.75) is 51.9 Å². The number of aliphatic hydroxyl groups excluding tert-OH is 2. The van der Waals surface area contributed by atoms with Gasteiger partial charge in [-0.3, -0.25) is 14.4 Å². The molecule has 1 aromatic carbocycles. The molecule has 3 aliphatic rings. The number of fused-ring (bicyclic) bond motifs is 1. The van der Waals surface area contributed by atoms with E-state index < -0.39 is 53.0 Å². The molecule has 204 valence electrons. The van der Waals surface area contributed by atoms with Crippen molar-refractivity contribution in [3.05, 3.63) is 84.1 Å². The maximum Gasteiger partial charge on any atom is 0.235 e. The van der Waals surface area contributed by atoms with Gasteiger partial charge in [0.15, 0.2) is 11.6 Å². The maximum atomic E-state index is 14.1. The maximum absolute atomic E-state index is 14.1. The minimum Gasteiger partial charge on any atom is -0.388 e. The van der Waals surface area contributed by atoms with Crippen LogP contribution >= 0.6 is 0 Å². The lowest BCUT2D eigenvalue weighted by atomic mass is 9.52. The summed E-state index contributed by atoms with van der Waals surface area (Å²) in [5.41, 5.74) is 1.46. The molecule has 4 N–H and O–H groups in total. The van der Waals surface area contributed by atoms with Crippen LogP contribution in [0.3, 0.4) is 0 Å². The van der Waals surface area contributed by atoms with E-state index in [1.807, 2.05) is 56.5 Å². The zero-order chi connectivity index (χ0) is 28.1. The Hall–Kier alpha value is -3.55. The smallest absolute Gasteiger partial charge is 0.235 e. The van der Waals surface area contributed by atoms with E-state index >= 15 is 0 Å². The SMILES string of the molecule is C=C1[C@@H](C)[C@H]2[C@H](Cc3c[nH]c4ccccc34)NC(=O)[C@]23C(=O)/C=C\C(=O)[C@H](O)/C(C)=C\[C@@H](C)C/C=C/[C@H]3[C@@H]1O. The first kappa shape index (κ1) is 27.0. The molecule has 2 aliphatic carbocycles. The van der Waals surface area contributed by atoms with Crippen LogP contribution < -0.4 is 5.32 Å². The van der Waals surface area contributed by atoms with Crippen molar-refractivity contribution in [3.8, 4) is 0 Å². The predicted molar refractivity (Wildman–Crippen MR) is 149 cm³/mol. The average Bonchev–Trinajstić information content (AvgIpc) is 3.45. The summed E-state index contributed by atoms with van der Waals surface area (Å²) in [5, 5.41) is 26.1. The Morgan fingerprint density at radius 3 is 2.62 bits per heavy atom. The van der Waals surface area contributed by atoms with Gasteiger partial charge in [-0.25, -0.2) is 0 Å². The normalized spacial score (nSPS) is 38.5. The summed E-state index contributed by atoms with van der Waals surface area (Å²) < 4.78 is 0. The molecular formula is C32H36N2O5. The number of para-hydroxylation sites is 1. The van der Waals surface area contributed by atoms with Gasteiger partial charge >= 0.3 is 0 Å². The molecule has 0 bridgehead atoms. The fraction of sp³-hybridized carbons (Fsp3) is 0.406. The Bertz CT molecular complexity index is 1430. The highest BCUT2D eigenvalue weighted by Gasteiger charge is 2.68. The summed E-state index contributed by atoms with van der Waals surface area (Å²) in [5.74, 6) is -3.34. The van der Waals surface area contributed by atoms with Crippen LogP contribution in [0.5, 0.6) is 0 Å². The van der Waals surface area contributed by atoms with Crippen LogP contribution in [0.25, 0.3) is 10.9 Å². The summed E-state index contributed by atoms with van der Waals surface area (Å²) in [4.78, 5) is 44.2. The highest BCUT2D eigenvalue weighted by Crippen LogP contribution is 2.56. The second-order valence-electron chi connectivity index (χ2n) is 11.4. The first-order valence-electron chi connectivity index (χ1n) is 13.6. The number of carbonyl (C=O) groups is 3. The third-order valence-corrected chi connectivity index (χ3v) is 9.04. The van der Waals surface area contributed by atoms with Crippen molar-refractivity contribution in [2.24, 2.45) is 29.1 Å². The zero-order valence-electron chi connectivity index (χ0n) is 22.6. The van der Waals surface area contributed by atoms with Crippen molar-refractivity contribution in [1.82, 2.24) is 10.3 Å². The average molecular weight is 529 g/mol. The van der Waals surface area contributed by atoms with Gasteiger partial charge in [-0.15, -0.1) is 0 Å². The molecule has 8 atom stereocenters. The van der Waals surface area contributed by atoms with E-state index in [1.54, 1.807) is 13.0 Å². The number of aromatic nitrogens is 1. The molecule has 2 heterocycles. The van der Waals surface area contributed by atoms with Gasteiger partial charge in [0.2, 0.25) is 5.91 Å². The van der Waals surface area contributed by atoms with E-state index in [0.29, 0.717) is 24.0 Å². The topological polar surface area (TPSA) is 119 Å². The van der Waals surface area contributed by atoms with E-state index in [4.69, 9.17) is 0 Å². The number of carbonyl (C=O) groups excluding carboxylic acids is 3. The molecule has 2 aromatic rings. The molecule has 1 saturated carbocycles. The molecule has 0 unspecified atom stereocenters. The molecular weight excluding hydrogens is 492 g/mol. The first-order valence-corrected chi connectivity index (χ1v) is 13.6. The summed E-state index contributed by atoms with van der Waals surface area (Å²) in [6.45, 7) is 9.74. The van der Waals surface area contributed by atoms with Crippen LogP contribution in [-0.4, -0.2) is 50.9 Å². The number of hydrogen-bond acceptors (Lipinski definition) is 5. The molecule has 7 heteroatoms. The van der Waals surface area contributed by atoms with E-state index in [0.717, 1.165) is 28.6 Å². The molecule has 1 spiro atoms. The highest BCUT2D eigenvalue weighted by atomic mass is 16.3. The standard InChI is InChI=1S/C32H36N2O5/c1-17-8-7-10-23-30(38)20(4)19(3)28-25(15-21-16-33-24-11-6-5-9-22(21)24)34-31(39)32(23,28)27(36)13-12-26(35)29(37)18(2)14-17/h5-7,9-14,16-17,19,23,25,28-30,33,37-38H,4,8,15H2,1-3H3,(H,34,39)/b10-7+,13-12-,18-14-/t17-,19+,23-,25-,28-,29+,30+,32+/m0/s1. The Morgan fingerprint density at radius 2 is 1.85 bits per heavy atom. The number of ketones is 2. The molecule has 1 aliphatic heterocycles. The summed E-state index contributed by atoms with van der Waals surface area (Å²) in [6, 6.07) is 7.53. The van der Waals surface area contributed by atoms with Crippen molar-refractivity contribution in [1.29, 1.82) is 0 Å². The summed E-state index contributed by atoms with van der Waals surface area (Å²) in [6.07, 6.45) is 8.17. The largest absolute Gasteiger partial charge is 0.388 e. The zero-order valence-corrected chi connectivity index (χ0v) is 22.6. The van der Waals surface area contributed by atoms with Crippen molar-refractivity contribution < 1.29 is 24.6 Å². The van der Waals surface area contributed by atoms with Gasteiger partial charge in [-0.05, 0) is 66.5 Å². The Balaban J connectivity index is 1.63. The summed E-state index contributed by atoms with van der Waals surface area (Å²) in [7, 11) is 0. The van der Waals surface area contributed by atoms with Gasteiger partial charge in [-0.2, -0.15) is 0 Å². The number of aliphatic hydroxyl groups is 2. The summed E-state index contributed by atoms with van der Waals surface area (Å²) >= 11 is 0. The number of H-pyrrole nitrogens is 1. The van der Waals surface area contributed by atoms with Crippen molar-refractivity contribution in [3.63, 3.8) is 0 Å². The van der Waals surface area contributed by atoms with Crippen LogP contribution in [-0.2, 0) is 20.8 Å². The van der Waals surface area contributed by atoms with Crippen LogP contribution in [0.15, 0.2) is 78.6 Å². The molecule has 1 saturated heterocycles. The quantitative estimate of drug-likeness (QED) is 0.351. The number of amides is 1. The van der Waals surface area contributed by atoms with Gasteiger partial charge in [0.05, 0.1) is 6.10 Å². The molecule has 39 heavy (non-hydrogen) atoms. The number of benzene rings is 1. The lowest BCUT2D eigenvalue weighted by Crippen LogP contribution is -2.58. The second kappa shape index (κ2) is 10.2. The molecule has 5 rings (SSSR count). The van der Waals surface area contributed by atoms with Gasteiger partial charge < -0.3 is 20.5 Å². The molecule has 1 aromatic heterocycles. The minimum atomic E-state index is -1.63. The number of hydrogen-bond donors (Lipinski definition) is 4. The fourth-order valence-corrected chi connectivity index (χ4v) is 7.01. The Labute approximate surface area is 228 Å². The first-order chi connectivity index (χ1) is 18.6. The monoisotopic (exact) mass is 528 g/mol. The lowest BCUT2D eigenvalue weighted by Gasteiger charge is -2.48. The Kier molecular flexibility index (Phi) is 7.08. The predicted octanol–water partition coefficient (Wildman–Crippen LogP) is 3.59.